The number of primary amides is 1. The molecular formula is C13H20N4O2. The van der Waals surface area contributed by atoms with E-state index in [1.54, 1.807) is 6.07 Å². The van der Waals surface area contributed by atoms with Crippen LogP contribution in [0.15, 0.2) is 12.3 Å². The molecule has 0 unspecified atom stereocenters. The molecule has 2 rings (SSSR count). The summed E-state index contributed by atoms with van der Waals surface area (Å²) in [6, 6.07) is 1.98. The topological polar surface area (TPSA) is 105 Å². The van der Waals surface area contributed by atoms with Gasteiger partial charge in [0.1, 0.15) is 5.82 Å². The molecule has 19 heavy (non-hydrogen) atoms. The SMILES string of the molecule is NC(=O)c1cc(N(CCO)C2CCCC2)ncc1N. The standard InChI is InChI=1S/C13H20N4O2/c14-11-8-16-12(7-10(11)13(15)19)17(5-6-18)9-3-1-2-4-9/h7-9,18H,1-6,14H2,(H2,15,19). The molecule has 5 N–H and O–H groups in total. The number of nitrogens with two attached hydrogens (primary N) is 2. The molecule has 1 aromatic heterocycles. The predicted molar refractivity (Wildman–Crippen MR) is 73.9 cm³/mol. The molecule has 1 aliphatic rings. The summed E-state index contributed by atoms with van der Waals surface area (Å²) in [4.78, 5) is 17.6. The van der Waals surface area contributed by atoms with Crippen LogP contribution in [-0.4, -0.2) is 35.2 Å². The first kappa shape index (κ1) is 13.6. The lowest BCUT2D eigenvalue weighted by atomic mass is 10.1. The van der Waals surface area contributed by atoms with Gasteiger partial charge < -0.3 is 21.5 Å². The third-order valence-electron chi connectivity index (χ3n) is 3.59. The maximum atomic E-state index is 11.3. The minimum absolute atomic E-state index is 0.0501. The van der Waals surface area contributed by atoms with E-state index in [0.717, 1.165) is 12.8 Å². The van der Waals surface area contributed by atoms with E-state index in [9.17, 15) is 9.90 Å². The van der Waals surface area contributed by atoms with Crippen LogP contribution < -0.4 is 16.4 Å². The van der Waals surface area contributed by atoms with Gasteiger partial charge in [0.2, 0.25) is 0 Å². The van der Waals surface area contributed by atoms with Gasteiger partial charge in [0.15, 0.2) is 0 Å². The zero-order chi connectivity index (χ0) is 13.8. The van der Waals surface area contributed by atoms with Gasteiger partial charge in [0.05, 0.1) is 24.1 Å². The van der Waals surface area contributed by atoms with Gasteiger partial charge in [-0.2, -0.15) is 0 Å². The van der Waals surface area contributed by atoms with E-state index in [-0.39, 0.29) is 17.9 Å². The summed E-state index contributed by atoms with van der Waals surface area (Å²) >= 11 is 0. The fraction of sp³-hybridized carbons (Fsp3) is 0.538. The van der Waals surface area contributed by atoms with Gasteiger partial charge >= 0.3 is 0 Å². The van der Waals surface area contributed by atoms with Crippen molar-refractivity contribution in [2.45, 2.75) is 31.7 Å². The molecule has 0 bridgehead atoms. The minimum atomic E-state index is -0.559. The van der Waals surface area contributed by atoms with Crippen molar-refractivity contribution in [2.75, 3.05) is 23.8 Å². The molecule has 6 heteroatoms. The highest BCUT2D eigenvalue weighted by atomic mass is 16.3. The number of aliphatic hydroxyl groups excluding tert-OH is 1. The zero-order valence-electron chi connectivity index (χ0n) is 10.9. The van der Waals surface area contributed by atoms with E-state index in [1.165, 1.54) is 19.0 Å². The second-order valence-corrected chi connectivity index (χ2v) is 4.85. The Hall–Kier alpha value is -1.82. The Morgan fingerprint density at radius 1 is 1.47 bits per heavy atom. The Morgan fingerprint density at radius 2 is 2.16 bits per heavy atom. The van der Waals surface area contributed by atoms with Crippen molar-refractivity contribution in [3.63, 3.8) is 0 Å². The molecule has 0 aliphatic heterocycles. The molecule has 0 aromatic carbocycles. The molecule has 0 saturated heterocycles. The van der Waals surface area contributed by atoms with Gasteiger partial charge in [-0.3, -0.25) is 4.79 Å². The van der Waals surface area contributed by atoms with Crippen LogP contribution >= 0.6 is 0 Å². The summed E-state index contributed by atoms with van der Waals surface area (Å²) in [6.07, 6.45) is 5.99. The number of nitrogen functional groups attached to an aromatic ring is 1. The van der Waals surface area contributed by atoms with Crippen LogP contribution in [0.4, 0.5) is 11.5 Å². The molecule has 0 atom stereocenters. The van der Waals surface area contributed by atoms with Crippen LogP contribution in [0.25, 0.3) is 0 Å². The number of rotatable bonds is 5. The number of amides is 1. The lowest BCUT2D eigenvalue weighted by Gasteiger charge is -2.29. The zero-order valence-corrected chi connectivity index (χ0v) is 10.9. The monoisotopic (exact) mass is 264 g/mol. The normalized spacial score (nSPS) is 15.6. The smallest absolute Gasteiger partial charge is 0.250 e. The third-order valence-corrected chi connectivity index (χ3v) is 3.59. The van der Waals surface area contributed by atoms with Gasteiger partial charge in [0, 0.05) is 12.6 Å². The summed E-state index contributed by atoms with van der Waals surface area (Å²) in [5, 5.41) is 9.21. The van der Waals surface area contributed by atoms with Gasteiger partial charge in [0.25, 0.3) is 5.91 Å². The highest BCUT2D eigenvalue weighted by Crippen LogP contribution is 2.28. The van der Waals surface area contributed by atoms with E-state index in [1.807, 2.05) is 4.90 Å². The van der Waals surface area contributed by atoms with E-state index in [0.29, 0.717) is 18.4 Å². The molecular weight excluding hydrogens is 244 g/mol. The number of carbonyl (C=O) groups is 1. The number of hydrogen-bond donors (Lipinski definition) is 3. The van der Waals surface area contributed by atoms with Crippen LogP contribution in [0.3, 0.4) is 0 Å². The van der Waals surface area contributed by atoms with Crippen LogP contribution in [0.5, 0.6) is 0 Å². The number of nitrogens with zero attached hydrogens (tertiary/aromatic N) is 2. The summed E-state index contributed by atoms with van der Waals surface area (Å²) in [5.74, 6) is 0.0977. The Balaban J connectivity index is 2.30. The molecule has 6 nitrogen and oxygen atoms in total. The van der Waals surface area contributed by atoms with Crippen molar-refractivity contribution >= 4 is 17.4 Å². The largest absolute Gasteiger partial charge is 0.397 e. The van der Waals surface area contributed by atoms with Gasteiger partial charge in [-0.05, 0) is 18.9 Å². The first-order chi connectivity index (χ1) is 9.13. The predicted octanol–water partition coefficient (Wildman–Crippen LogP) is 0.504. The highest BCUT2D eigenvalue weighted by molar-refractivity contribution is 5.98. The summed E-state index contributed by atoms with van der Waals surface area (Å²) in [6.45, 7) is 0.550. The van der Waals surface area contributed by atoms with Crippen molar-refractivity contribution in [2.24, 2.45) is 5.73 Å². The molecule has 0 spiro atoms. The van der Waals surface area contributed by atoms with E-state index in [2.05, 4.69) is 4.98 Å². The lowest BCUT2D eigenvalue weighted by molar-refractivity contribution is 0.100. The Labute approximate surface area is 112 Å². The first-order valence-corrected chi connectivity index (χ1v) is 6.56. The maximum absolute atomic E-state index is 11.3. The third kappa shape index (κ3) is 2.96. The molecule has 1 aromatic rings. The fourth-order valence-electron chi connectivity index (χ4n) is 2.63. The summed E-state index contributed by atoms with van der Waals surface area (Å²) in [5.41, 5.74) is 11.6. The number of aliphatic hydroxyl groups is 1. The molecule has 1 amide bonds. The second-order valence-electron chi connectivity index (χ2n) is 4.85. The van der Waals surface area contributed by atoms with Crippen LogP contribution in [0, 0.1) is 0 Å². The second kappa shape index (κ2) is 5.88. The van der Waals surface area contributed by atoms with Crippen molar-refractivity contribution in [3.8, 4) is 0 Å². The number of carbonyl (C=O) groups excluding carboxylic acids is 1. The van der Waals surface area contributed by atoms with Gasteiger partial charge in [-0.15, -0.1) is 0 Å². The van der Waals surface area contributed by atoms with Crippen molar-refractivity contribution in [3.05, 3.63) is 17.8 Å². The minimum Gasteiger partial charge on any atom is -0.397 e. The van der Waals surface area contributed by atoms with Crippen LogP contribution in [0.2, 0.25) is 0 Å². The average molecular weight is 264 g/mol. The Bertz CT molecular complexity index is 458. The number of pyridine rings is 1. The molecule has 104 valence electrons. The maximum Gasteiger partial charge on any atom is 0.250 e. The van der Waals surface area contributed by atoms with E-state index in [4.69, 9.17) is 11.5 Å². The summed E-state index contributed by atoms with van der Waals surface area (Å²) in [7, 11) is 0. The highest BCUT2D eigenvalue weighted by Gasteiger charge is 2.24. The molecule has 1 aliphatic carbocycles. The molecule has 1 heterocycles. The van der Waals surface area contributed by atoms with E-state index >= 15 is 0 Å². The van der Waals surface area contributed by atoms with Crippen LogP contribution in [0.1, 0.15) is 36.0 Å². The van der Waals surface area contributed by atoms with Crippen molar-refractivity contribution in [1.29, 1.82) is 0 Å². The molecule has 1 saturated carbocycles. The van der Waals surface area contributed by atoms with Crippen LogP contribution in [-0.2, 0) is 0 Å². The van der Waals surface area contributed by atoms with E-state index < -0.39 is 5.91 Å². The van der Waals surface area contributed by atoms with Gasteiger partial charge in [-0.1, -0.05) is 12.8 Å². The number of hydrogen-bond acceptors (Lipinski definition) is 5. The number of anilines is 2. The Kier molecular flexibility index (Phi) is 4.21. The van der Waals surface area contributed by atoms with Crippen molar-refractivity contribution < 1.29 is 9.90 Å². The number of aromatic nitrogens is 1. The first-order valence-electron chi connectivity index (χ1n) is 6.56. The Morgan fingerprint density at radius 3 is 2.74 bits per heavy atom. The lowest BCUT2D eigenvalue weighted by Crippen LogP contribution is -2.36. The fourth-order valence-corrected chi connectivity index (χ4v) is 2.63. The average Bonchev–Trinajstić information content (AvgIpc) is 2.90. The quantitative estimate of drug-likeness (QED) is 0.718. The molecule has 1 fully saturated rings. The van der Waals surface area contributed by atoms with Crippen molar-refractivity contribution in [1.82, 2.24) is 4.98 Å². The van der Waals surface area contributed by atoms with Gasteiger partial charge in [-0.25, -0.2) is 4.98 Å². The molecule has 0 radical (unpaired) electrons. The summed E-state index contributed by atoms with van der Waals surface area (Å²) < 4.78 is 0.